The lowest BCUT2D eigenvalue weighted by molar-refractivity contribution is -0.0528. The number of aliphatic hydroxyl groups is 1. The Morgan fingerprint density at radius 3 is 3.08 bits per heavy atom. The van der Waals surface area contributed by atoms with Gasteiger partial charge in [0.05, 0.1) is 19.3 Å². The van der Waals surface area contributed by atoms with E-state index in [0.717, 1.165) is 26.2 Å². The molecule has 0 aliphatic carbocycles. The third-order valence-electron chi connectivity index (χ3n) is 2.25. The van der Waals surface area contributed by atoms with Gasteiger partial charge >= 0.3 is 0 Å². The van der Waals surface area contributed by atoms with Crippen molar-refractivity contribution in [3.8, 4) is 0 Å². The average molecular weight is 173 g/mol. The minimum absolute atomic E-state index is 0.0515. The van der Waals surface area contributed by atoms with E-state index in [2.05, 4.69) is 11.8 Å². The molecule has 1 rings (SSSR count). The van der Waals surface area contributed by atoms with Gasteiger partial charge < -0.3 is 9.84 Å². The monoisotopic (exact) mass is 173 g/mol. The van der Waals surface area contributed by atoms with E-state index in [1.807, 2.05) is 0 Å². The van der Waals surface area contributed by atoms with E-state index in [9.17, 15) is 0 Å². The maximum Gasteiger partial charge on any atom is 0.0932 e. The minimum atomic E-state index is 0.0515. The van der Waals surface area contributed by atoms with E-state index >= 15 is 0 Å². The Morgan fingerprint density at radius 2 is 2.42 bits per heavy atom. The number of rotatable bonds is 4. The summed E-state index contributed by atoms with van der Waals surface area (Å²) in [7, 11) is 0. The summed E-state index contributed by atoms with van der Waals surface area (Å²) in [5.41, 5.74) is 0. The molecule has 3 heteroatoms. The number of unbranched alkanes of at least 4 members (excludes halogenated alkanes) is 1. The maximum atomic E-state index is 8.88. The molecular formula is C9H19NO2. The smallest absolute Gasteiger partial charge is 0.0932 e. The minimum Gasteiger partial charge on any atom is -0.394 e. The van der Waals surface area contributed by atoms with Crippen LogP contribution in [-0.2, 0) is 4.74 Å². The molecular weight excluding hydrogens is 154 g/mol. The van der Waals surface area contributed by atoms with Crippen molar-refractivity contribution in [3.63, 3.8) is 0 Å². The van der Waals surface area contributed by atoms with Gasteiger partial charge in [-0.2, -0.15) is 0 Å². The van der Waals surface area contributed by atoms with Crippen LogP contribution in [0.25, 0.3) is 0 Å². The number of nitrogens with zero attached hydrogens (tertiary/aromatic N) is 1. The van der Waals surface area contributed by atoms with Gasteiger partial charge in [-0.1, -0.05) is 13.3 Å². The van der Waals surface area contributed by atoms with Crippen LogP contribution in [0.2, 0.25) is 0 Å². The molecule has 0 amide bonds. The molecule has 1 heterocycles. The van der Waals surface area contributed by atoms with Gasteiger partial charge in [0.2, 0.25) is 0 Å². The summed E-state index contributed by atoms with van der Waals surface area (Å²) in [5.74, 6) is 0. The van der Waals surface area contributed by atoms with Crippen molar-refractivity contribution in [1.82, 2.24) is 4.90 Å². The van der Waals surface area contributed by atoms with Crippen LogP contribution in [0.1, 0.15) is 19.8 Å². The van der Waals surface area contributed by atoms with Crippen molar-refractivity contribution in [2.45, 2.75) is 25.9 Å². The van der Waals surface area contributed by atoms with Crippen molar-refractivity contribution >= 4 is 0 Å². The fourth-order valence-corrected chi connectivity index (χ4v) is 1.48. The van der Waals surface area contributed by atoms with Gasteiger partial charge in [-0.05, 0) is 13.0 Å². The Kier molecular flexibility index (Phi) is 4.58. The van der Waals surface area contributed by atoms with Gasteiger partial charge in [-0.3, -0.25) is 4.90 Å². The topological polar surface area (TPSA) is 32.7 Å². The Hall–Kier alpha value is -0.120. The third kappa shape index (κ3) is 3.09. The predicted octanol–water partition coefficient (Wildman–Crippen LogP) is 0.480. The normalized spacial score (nSPS) is 26.0. The maximum absolute atomic E-state index is 8.88. The Bertz CT molecular complexity index is 119. The summed E-state index contributed by atoms with van der Waals surface area (Å²) in [6.07, 6.45) is 2.54. The van der Waals surface area contributed by atoms with Gasteiger partial charge in [-0.15, -0.1) is 0 Å². The Morgan fingerprint density at radius 1 is 1.58 bits per heavy atom. The lowest BCUT2D eigenvalue weighted by atomic mass is 10.2. The molecule has 1 atom stereocenters. The first-order valence-electron chi connectivity index (χ1n) is 4.81. The zero-order chi connectivity index (χ0) is 8.81. The molecule has 3 nitrogen and oxygen atoms in total. The van der Waals surface area contributed by atoms with Crippen LogP contribution in [0.15, 0.2) is 0 Å². The Balaban J connectivity index is 2.16. The van der Waals surface area contributed by atoms with Gasteiger partial charge in [0.25, 0.3) is 0 Å². The zero-order valence-corrected chi connectivity index (χ0v) is 7.83. The largest absolute Gasteiger partial charge is 0.394 e. The predicted molar refractivity (Wildman–Crippen MR) is 48.2 cm³/mol. The van der Waals surface area contributed by atoms with Crippen LogP contribution in [0, 0.1) is 0 Å². The summed E-state index contributed by atoms with van der Waals surface area (Å²) in [6, 6.07) is 0. The highest BCUT2D eigenvalue weighted by Crippen LogP contribution is 2.05. The highest BCUT2D eigenvalue weighted by molar-refractivity contribution is 4.70. The molecule has 12 heavy (non-hydrogen) atoms. The van der Waals surface area contributed by atoms with Crippen LogP contribution in [0.3, 0.4) is 0 Å². The van der Waals surface area contributed by atoms with Crippen LogP contribution in [-0.4, -0.2) is 49.0 Å². The van der Waals surface area contributed by atoms with E-state index in [-0.39, 0.29) is 12.7 Å². The summed E-state index contributed by atoms with van der Waals surface area (Å²) >= 11 is 0. The highest BCUT2D eigenvalue weighted by atomic mass is 16.5. The van der Waals surface area contributed by atoms with Crippen molar-refractivity contribution in [1.29, 1.82) is 0 Å². The fourth-order valence-electron chi connectivity index (χ4n) is 1.48. The number of hydrogen-bond acceptors (Lipinski definition) is 3. The lowest BCUT2D eigenvalue weighted by Gasteiger charge is -2.31. The highest BCUT2D eigenvalue weighted by Gasteiger charge is 2.18. The van der Waals surface area contributed by atoms with Crippen LogP contribution in [0.4, 0.5) is 0 Å². The van der Waals surface area contributed by atoms with E-state index in [0.29, 0.717) is 0 Å². The first kappa shape index (κ1) is 9.96. The number of hydrogen-bond donors (Lipinski definition) is 1. The van der Waals surface area contributed by atoms with E-state index in [4.69, 9.17) is 9.84 Å². The molecule has 72 valence electrons. The molecule has 0 spiro atoms. The summed E-state index contributed by atoms with van der Waals surface area (Å²) in [6.45, 7) is 6.20. The van der Waals surface area contributed by atoms with Gasteiger partial charge in [0, 0.05) is 13.1 Å². The standard InChI is InChI=1S/C9H19NO2/c1-2-3-4-10-5-6-12-9(7-10)8-11/h9,11H,2-8H2,1H3. The molecule has 0 aromatic carbocycles. The second kappa shape index (κ2) is 5.51. The second-order valence-corrected chi connectivity index (χ2v) is 3.33. The third-order valence-corrected chi connectivity index (χ3v) is 2.25. The second-order valence-electron chi connectivity index (χ2n) is 3.33. The SMILES string of the molecule is CCCCN1CCOC(CO)C1. The molecule has 0 aromatic rings. The van der Waals surface area contributed by atoms with Crippen molar-refractivity contribution < 1.29 is 9.84 Å². The quantitative estimate of drug-likeness (QED) is 0.671. The van der Waals surface area contributed by atoms with Gasteiger partial charge in [0.15, 0.2) is 0 Å². The van der Waals surface area contributed by atoms with Crippen molar-refractivity contribution in [3.05, 3.63) is 0 Å². The molecule has 1 fully saturated rings. The van der Waals surface area contributed by atoms with Crippen LogP contribution < -0.4 is 0 Å². The lowest BCUT2D eigenvalue weighted by Crippen LogP contribution is -2.44. The summed E-state index contributed by atoms with van der Waals surface area (Å²) in [5, 5.41) is 8.88. The molecule has 0 bridgehead atoms. The molecule has 1 aliphatic rings. The zero-order valence-electron chi connectivity index (χ0n) is 7.83. The van der Waals surface area contributed by atoms with Gasteiger partial charge in [0.1, 0.15) is 0 Å². The molecule has 1 N–H and O–H groups in total. The molecule has 1 aliphatic heterocycles. The van der Waals surface area contributed by atoms with Crippen LogP contribution >= 0.6 is 0 Å². The van der Waals surface area contributed by atoms with E-state index in [1.165, 1.54) is 12.8 Å². The Labute approximate surface area is 74.3 Å². The first-order chi connectivity index (χ1) is 5.86. The molecule has 0 radical (unpaired) electrons. The molecule has 0 aromatic heterocycles. The van der Waals surface area contributed by atoms with Crippen molar-refractivity contribution in [2.75, 3.05) is 32.8 Å². The summed E-state index contributed by atoms with van der Waals surface area (Å²) < 4.78 is 5.35. The number of aliphatic hydroxyl groups excluding tert-OH is 1. The van der Waals surface area contributed by atoms with E-state index in [1.54, 1.807) is 0 Å². The number of morpholine rings is 1. The van der Waals surface area contributed by atoms with Crippen molar-refractivity contribution in [2.24, 2.45) is 0 Å². The molecule has 0 saturated carbocycles. The molecule has 1 unspecified atom stereocenters. The van der Waals surface area contributed by atoms with Gasteiger partial charge in [-0.25, -0.2) is 0 Å². The molecule has 1 saturated heterocycles. The van der Waals surface area contributed by atoms with Crippen LogP contribution in [0.5, 0.6) is 0 Å². The fraction of sp³-hybridized carbons (Fsp3) is 1.00. The summed E-state index contributed by atoms with van der Waals surface area (Å²) in [4.78, 5) is 2.37. The first-order valence-corrected chi connectivity index (χ1v) is 4.81. The average Bonchev–Trinajstić information content (AvgIpc) is 2.15. The number of ether oxygens (including phenoxy) is 1. The van der Waals surface area contributed by atoms with E-state index < -0.39 is 0 Å².